The van der Waals surface area contributed by atoms with Crippen LogP contribution in [0.1, 0.15) is 24.8 Å². The van der Waals surface area contributed by atoms with E-state index in [-0.39, 0.29) is 0 Å². The predicted molar refractivity (Wildman–Crippen MR) is 56.9 cm³/mol. The quantitative estimate of drug-likeness (QED) is 0.596. The minimum absolute atomic E-state index is 0.418. The van der Waals surface area contributed by atoms with Crippen molar-refractivity contribution in [2.24, 2.45) is 0 Å². The number of halogens is 1. The molecule has 1 aromatic heterocycles. The second-order valence-corrected chi connectivity index (χ2v) is 3.26. The van der Waals surface area contributed by atoms with Gasteiger partial charge in [0, 0.05) is 19.0 Å². The van der Waals surface area contributed by atoms with Crippen molar-refractivity contribution >= 4 is 5.82 Å². The molecule has 4 heteroatoms. The molecule has 0 aliphatic carbocycles. The zero-order valence-corrected chi connectivity index (χ0v) is 8.76. The van der Waals surface area contributed by atoms with Gasteiger partial charge in [-0.3, -0.25) is 0 Å². The summed E-state index contributed by atoms with van der Waals surface area (Å²) in [6, 6.07) is 5.56. The standard InChI is InChI=1S/C11H14FN3/c1-14-10-7-6-9(11(12)15-10)5-3-2-4-8-13/h6-7H,2-5H2,1H3,(H,14,15). The van der Waals surface area contributed by atoms with Crippen LogP contribution in [0.4, 0.5) is 10.2 Å². The lowest BCUT2D eigenvalue weighted by atomic mass is 10.1. The second-order valence-electron chi connectivity index (χ2n) is 3.26. The minimum atomic E-state index is -0.418. The van der Waals surface area contributed by atoms with Crippen molar-refractivity contribution in [3.8, 4) is 6.07 Å². The molecule has 0 bridgehead atoms. The Balaban J connectivity index is 2.51. The number of hydrogen-bond donors (Lipinski definition) is 1. The topological polar surface area (TPSA) is 48.7 Å². The van der Waals surface area contributed by atoms with E-state index in [2.05, 4.69) is 16.4 Å². The predicted octanol–water partition coefficient (Wildman–Crippen LogP) is 2.50. The molecule has 1 N–H and O–H groups in total. The van der Waals surface area contributed by atoms with Crippen LogP contribution in [0.5, 0.6) is 0 Å². The van der Waals surface area contributed by atoms with Crippen LogP contribution >= 0.6 is 0 Å². The van der Waals surface area contributed by atoms with Gasteiger partial charge in [-0.25, -0.2) is 4.98 Å². The smallest absolute Gasteiger partial charge is 0.217 e. The van der Waals surface area contributed by atoms with Crippen LogP contribution in [0.3, 0.4) is 0 Å². The first kappa shape index (κ1) is 11.4. The van der Waals surface area contributed by atoms with Gasteiger partial charge < -0.3 is 5.32 Å². The van der Waals surface area contributed by atoms with Crippen LogP contribution in [-0.2, 0) is 6.42 Å². The summed E-state index contributed by atoms with van der Waals surface area (Å²) < 4.78 is 13.3. The number of rotatable bonds is 5. The summed E-state index contributed by atoms with van der Waals surface area (Å²) >= 11 is 0. The fraction of sp³-hybridized carbons (Fsp3) is 0.455. The highest BCUT2D eigenvalue weighted by atomic mass is 19.1. The van der Waals surface area contributed by atoms with Gasteiger partial charge in [0.15, 0.2) is 0 Å². The fourth-order valence-electron chi connectivity index (χ4n) is 1.31. The van der Waals surface area contributed by atoms with Gasteiger partial charge in [0.05, 0.1) is 6.07 Å². The number of aryl methyl sites for hydroxylation is 1. The van der Waals surface area contributed by atoms with Gasteiger partial charge in [0.25, 0.3) is 0 Å². The van der Waals surface area contributed by atoms with E-state index >= 15 is 0 Å². The van der Waals surface area contributed by atoms with Crippen molar-refractivity contribution in [2.45, 2.75) is 25.7 Å². The third-order valence-electron chi connectivity index (χ3n) is 2.17. The lowest BCUT2D eigenvalue weighted by molar-refractivity contribution is 0.562. The third-order valence-corrected chi connectivity index (χ3v) is 2.17. The van der Waals surface area contributed by atoms with E-state index in [0.29, 0.717) is 24.2 Å². The molecular formula is C11H14FN3. The van der Waals surface area contributed by atoms with Crippen LogP contribution in [0.15, 0.2) is 12.1 Å². The van der Waals surface area contributed by atoms with Crippen LogP contribution in [0, 0.1) is 17.3 Å². The Morgan fingerprint density at radius 2 is 2.27 bits per heavy atom. The number of nitrogens with one attached hydrogen (secondary N) is 1. The number of hydrogen-bond acceptors (Lipinski definition) is 3. The van der Waals surface area contributed by atoms with Gasteiger partial charge in [-0.05, 0) is 25.3 Å². The van der Waals surface area contributed by atoms with E-state index in [1.165, 1.54) is 0 Å². The van der Waals surface area contributed by atoms with Gasteiger partial charge in [0.2, 0.25) is 5.95 Å². The second kappa shape index (κ2) is 5.97. The van der Waals surface area contributed by atoms with Crippen molar-refractivity contribution in [1.82, 2.24) is 4.98 Å². The molecule has 1 rings (SSSR count). The molecule has 0 aliphatic heterocycles. The molecule has 1 aromatic rings. The SMILES string of the molecule is CNc1ccc(CCCCC#N)c(F)n1. The summed E-state index contributed by atoms with van der Waals surface area (Å²) in [6.45, 7) is 0. The first-order chi connectivity index (χ1) is 7.27. The Labute approximate surface area is 88.9 Å². The molecule has 1 heterocycles. The van der Waals surface area contributed by atoms with Crippen molar-refractivity contribution in [3.05, 3.63) is 23.6 Å². The highest BCUT2D eigenvalue weighted by Crippen LogP contribution is 2.12. The molecule has 0 fully saturated rings. The van der Waals surface area contributed by atoms with Crippen molar-refractivity contribution in [2.75, 3.05) is 12.4 Å². The third kappa shape index (κ3) is 3.55. The van der Waals surface area contributed by atoms with E-state index in [4.69, 9.17) is 5.26 Å². The van der Waals surface area contributed by atoms with Gasteiger partial charge in [0.1, 0.15) is 5.82 Å². The summed E-state index contributed by atoms with van der Waals surface area (Å²) in [7, 11) is 1.70. The minimum Gasteiger partial charge on any atom is -0.373 e. The summed E-state index contributed by atoms with van der Waals surface area (Å²) in [6.07, 6.45) is 2.81. The molecule has 3 nitrogen and oxygen atoms in total. The fourth-order valence-corrected chi connectivity index (χ4v) is 1.31. The molecule has 15 heavy (non-hydrogen) atoms. The summed E-state index contributed by atoms with van der Waals surface area (Å²) in [5.74, 6) is 0.118. The molecule has 0 unspecified atom stereocenters. The zero-order chi connectivity index (χ0) is 11.1. The average Bonchev–Trinajstić information content (AvgIpc) is 2.26. The molecule has 0 amide bonds. The maximum absolute atomic E-state index is 13.3. The summed E-state index contributed by atoms with van der Waals surface area (Å²) in [5, 5.41) is 11.1. The van der Waals surface area contributed by atoms with Gasteiger partial charge in [-0.15, -0.1) is 0 Å². The molecular weight excluding hydrogens is 193 g/mol. The Hall–Kier alpha value is -1.63. The monoisotopic (exact) mass is 207 g/mol. The molecule has 0 saturated carbocycles. The average molecular weight is 207 g/mol. The molecule has 0 radical (unpaired) electrons. The lowest BCUT2D eigenvalue weighted by Gasteiger charge is -2.04. The maximum Gasteiger partial charge on any atom is 0.217 e. The first-order valence-corrected chi connectivity index (χ1v) is 4.98. The van der Waals surface area contributed by atoms with Gasteiger partial charge in [-0.1, -0.05) is 6.07 Å². The van der Waals surface area contributed by atoms with E-state index in [1.807, 2.05) is 0 Å². The summed E-state index contributed by atoms with van der Waals surface area (Å²) in [5.41, 5.74) is 0.618. The van der Waals surface area contributed by atoms with Gasteiger partial charge >= 0.3 is 0 Å². The lowest BCUT2D eigenvalue weighted by Crippen LogP contribution is -1.99. The van der Waals surface area contributed by atoms with Crippen LogP contribution in [-0.4, -0.2) is 12.0 Å². The number of unbranched alkanes of at least 4 members (excludes halogenated alkanes) is 2. The number of pyridine rings is 1. The molecule has 80 valence electrons. The van der Waals surface area contributed by atoms with Gasteiger partial charge in [-0.2, -0.15) is 9.65 Å². The van der Waals surface area contributed by atoms with E-state index in [0.717, 1.165) is 12.8 Å². The Morgan fingerprint density at radius 1 is 1.47 bits per heavy atom. The largest absolute Gasteiger partial charge is 0.373 e. The van der Waals surface area contributed by atoms with E-state index < -0.39 is 5.95 Å². The molecule has 0 atom stereocenters. The van der Waals surface area contributed by atoms with E-state index in [9.17, 15) is 4.39 Å². The summed E-state index contributed by atoms with van der Waals surface area (Å²) in [4.78, 5) is 3.75. The van der Waals surface area contributed by atoms with Crippen LogP contribution < -0.4 is 5.32 Å². The Morgan fingerprint density at radius 3 is 2.87 bits per heavy atom. The Kier molecular flexibility index (Phi) is 4.55. The number of nitriles is 1. The molecule has 0 spiro atoms. The zero-order valence-electron chi connectivity index (χ0n) is 8.76. The van der Waals surface area contributed by atoms with Crippen molar-refractivity contribution in [1.29, 1.82) is 5.26 Å². The Bertz CT molecular complexity index is 357. The van der Waals surface area contributed by atoms with Crippen molar-refractivity contribution < 1.29 is 4.39 Å². The highest BCUT2D eigenvalue weighted by Gasteiger charge is 2.03. The number of aromatic nitrogens is 1. The van der Waals surface area contributed by atoms with Crippen LogP contribution in [0.2, 0.25) is 0 Å². The number of nitrogens with zero attached hydrogens (tertiary/aromatic N) is 2. The van der Waals surface area contributed by atoms with Crippen molar-refractivity contribution in [3.63, 3.8) is 0 Å². The maximum atomic E-state index is 13.3. The number of anilines is 1. The molecule has 0 saturated heterocycles. The first-order valence-electron chi connectivity index (χ1n) is 4.98. The molecule has 0 aromatic carbocycles. The van der Waals surface area contributed by atoms with E-state index in [1.54, 1.807) is 19.2 Å². The molecule has 0 aliphatic rings. The van der Waals surface area contributed by atoms with Crippen LogP contribution in [0.25, 0.3) is 0 Å². The highest BCUT2D eigenvalue weighted by molar-refractivity contribution is 5.35. The normalized spacial score (nSPS) is 9.67.